The molecule has 0 saturated heterocycles. The first-order valence-corrected chi connectivity index (χ1v) is 4.46. The van der Waals surface area contributed by atoms with E-state index in [1.165, 1.54) is 0 Å². The van der Waals surface area contributed by atoms with Gasteiger partial charge < -0.3 is 0 Å². The molecule has 0 amide bonds. The number of hydrogen-bond donors (Lipinski definition) is 0. The Bertz CT molecular complexity index is 341. The minimum atomic E-state index is -5.50. The van der Waals surface area contributed by atoms with Gasteiger partial charge in [-0.15, -0.1) is 0 Å². The second-order valence-electron chi connectivity index (χ2n) is 3.60. The normalized spacial score (nSPS) is 19.7. The van der Waals surface area contributed by atoms with Crippen LogP contribution in [0.5, 0.6) is 0 Å². The van der Waals surface area contributed by atoms with Gasteiger partial charge in [0, 0.05) is 13.8 Å². The quantitative estimate of drug-likeness (QED) is 0.536. The summed E-state index contributed by atoms with van der Waals surface area (Å²) in [6.45, 7) is -3.14. The van der Waals surface area contributed by atoms with Gasteiger partial charge in [-0.2, -0.15) is 22.0 Å². The minimum absolute atomic E-state index is 0.146. The predicted octanol–water partition coefficient (Wildman–Crippen LogP) is 3.04. The molecule has 2 unspecified atom stereocenters. The third-order valence-corrected chi connectivity index (χ3v) is 1.69. The first-order chi connectivity index (χ1) is 8.17. The zero-order valence-electron chi connectivity index (χ0n) is 9.46. The van der Waals surface area contributed by atoms with Gasteiger partial charge >= 0.3 is 30.0 Å². The van der Waals surface area contributed by atoms with E-state index in [0.29, 0.717) is 0 Å². The van der Waals surface area contributed by atoms with Crippen molar-refractivity contribution < 1.29 is 49.4 Å². The molecule has 0 aliphatic rings. The molecule has 0 radical (unpaired) electrons. The second-order valence-corrected chi connectivity index (χ2v) is 3.60. The molecular formula is C8H8F8O3. The summed E-state index contributed by atoms with van der Waals surface area (Å²) in [5.41, 5.74) is 0. The van der Waals surface area contributed by atoms with Crippen LogP contribution in [0.4, 0.5) is 35.1 Å². The summed E-state index contributed by atoms with van der Waals surface area (Å²) >= 11 is 0. The zero-order chi connectivity index (χ0) is 15.7. The van der Waals surface area contributed by atoms with E-state index < -0.39 is 36.6 Å². The SMILES string of the molecule is CC(F)(OC(F)(F)C(C)(F)OC(F)(F)CF)C(=O)F. The van der Waals surface area contributed by atoms with Crippen molar-refractivity contribution in [3.05, 3.63) is 0 Å². The average molecular weight is 304 g/mol. The maximum atomic E-state index is 13.2. The Hall–Kier alpha value is -0.970. The lowest BCUT2D eigenvalue weighted by Gasteiger charge is -2.33. The van der Waals surface area contributed by atoms with Crippen LogP contribution < -0.4 is 0 Å². The van der Waals surface area contributed by atoms with Crippen LogP contribution in [0, 0.1) is 0 Å². The molecule has 0 aliphatic heterocycles. The molecule has 0 heterocycles. The summed E-state index contributed by atoms with van der Waals surface area (Å²) < 4.78 is 106. The topological polar surface area (TPSA) is 35.5 Å². The van der Waals surface area contributed by atoms with Gasteiger partial charge in [-0.05, 0) is 0 Å². The van der Waals surface area contributed by atoms with Crippen LogP contribution in [0.3, 0.4) is 0 Å². The fourth-order valence-corrected chi connectivity index (χ4v) is 0.739. The molecule has 0 fully saturated rings. The van der Waals surface area contributed by atoms with Crippen LogP contribution in [-0.2, 0) is 14.3 Å². The number of ether oxygens (including phenoxy) is 2. The van der Waals surface area contributed by atoms with Crippen molar-refractivity contribution in [2.75, 3.05) is 6.67 Å². The van der Waals surface area contributed by atoms with Crippen molar-refractivity contribution in [3.63, 3.8) is 0 Å². The van der Waals surface area contributed by atoms with E-state index in [4.69, 9.17) is 0 Å². The van der Waals surface area contributed by atoms with Crippen molar-refractivity contribution in [2.24, 2.45) is 0 Å². The Morgan fingerprint density at radius 1 is 1.00 bits per heavy atom. The van der Waals surface area contributed by atoms with E-state index in [0.717, 1.165) is 0 Å². The highest BCUT2D eigenvalue weighted by molar-refractivity contribution is 5.75. The third-order valence-electron chi connectivity index (χ3n) is 1.69. The molecule has 0 N–H and O–H groups in total. The number of carbonyl (C=O) groups excluding carboxylic acids is 1. The number of hydrogen-bond acceptors (Lipinski definition) is 3. The van der Waals surface area contributed by atoms with Gasteiger partial charge in [-0.1, -0.05) is 0 Å². The highest BCUT2D eigenvalue weighted by Gasteiger charge is 2.63. The summed E-state index contributed by atoms with van der Waals surface area (Å²) in [6.07, 6.45) is -10.5. The fourth-order valence-electron chi connectivity index (χ4n) is 0.739. The van der Waals surface area contributed by atoms with Crippen molar-refractivity contribution in [3.8, 4) is 0 Å². The lowest BCUT2D eigenvalue weighted by molar-refractivity contribution is -0.454. The largest absolute Gasteiger partial charge is 0.417 e. The Morgan fingerprint density at radius 2 is 1.42 bits per heavy atom. The maximum absolute atomic E-state index is 13.2. The molecule has 0 aromatic heterocycles. The van der Waals surface area contributed by atoms with E-state index in [1.807, 2.05) is 0 Å². The predicted molar refractivity (Wildman–Crippen MR) is 43.2 cm³/mol. The van der Waals surface area contributed by atoms with Gasteiger partial charge in [-0.3, -0.25) is 14.3 Å². The minimum Gasteiger partial charge on any atom is -0.273 e. The van der Waals surface area contributed by atoms with Crippen LogP contribution in [0.25, 0.3) is 0 Å². The van der Waals surface area contributed by atoms with Crippen LogP contribution in [0.2, 0.25) is 0 Å². The molecule has 0 aromatic carbocycles. The number of rotatable bonds is 7. The van der Waals surface area contributed by atoms with Gasteiger partial charge in [0.2, 0.25) is 0 Å². The van der Waals surface area contributed by atoms with Gasteiger partial charge in [0.25, 0.3) is 0 Å². The molecule has 0 aromatic rings. The number of carbonyl (C=O) groups is 1. The molecule has 2 atom stereocenters. The second kappa shape index (κ2) is 5.19. The fraction of sp³-hybridized carbons (Fsp3) is 0.875. The lowest BCUT2D eigenvalue weighted by Crippen LogP contribution is -2.54. The highest BCUT2D eigenvalue weighted by Crippen LogP contribution is 2.41. The van der Waals surface area contributed by atoms with Crippen molar-refractivity contribution in [1.29, 1.82) is 0 Å². The first kappa shape index (κ1) is 18.0. The summed E-state index contributed by atoms with van der Waals surface area (Å²) in [5, 5.41) is 0. The van der Waals surface area contributed by atoms with Crippen molar-refractivity contribution >= 4 is 6.04 Å². The lowest BCUT2D eigenvalue weighted by atomic mass is 10.3. The molecule has 11 heteroatoms. The summed E-state index contributed by atoms with van der Waals surface area (Å²) in [6, 6.07) is -3.06. The van der Waals surface area contributed by atoms with E-state index in [2.05, 4.69) is 9.47 Å². The molecule has 19 heavy (non-hydrogen) atoms. The number of halogens is 8. The van der Waals surface area contributed by atoms with E-state index >= 15 is 0 Å². The molecule has 3 nitrogen and oxygen atoms in total. The molecule has 0 saturated carbocycles. The summed E-state index contributed by atoms with van der Waals surface area (Å²) in [7, 11) is 0. The Labute approximate surface area is 101 Å². The third kappa shape index (κ3) is 4.56. The van der Waals surface area contributed by atoms with Crippen LogP contribution in [-0.4, -0.2) is 36.6 Å². The first-order valence-electron chi connectivity index (χ1n) is 4.46. The number of alkyl halides is 7. The smallest absolute Gasteiger partial charge is 0.273 e. The molecule has 114 valence electrons. The molecule has 0 spiro atoms. The average Bonchev–Trinajstić information content (AvgIpc) is 2.13. The van der Waals surface area contributed by atoms with Gasteiger partial charge in [0.05, 0.1) is 0 Å². The standard InChI is InChI=1S/C8H8F8O3/c1-5(11,4(10)17)18-8(15,16)6(2,12)19-7(13,14)3-9/h3H2,1-2H3. The van der Waals surface area contributed by atoms with E-state index in [1.54, 1.807) is 0 Å². The van der Waals surface area contributed by atoms with Crippen LogP contribution in [0.1, 0.15) is 13.8 Å². The van der Waals surface area contributed by atoms with Gasteiger partial charge in [-0.25, -0.2) is 13.2 Å². The monoisotopic (exact) mass is 304 g/mol. The molecular weight excluding hydrogens is 296 g/mol. The van der Waals surface area contributed by atoms with Gasteiger partial charge in [0.1, 0.15) is 0 Å². The highest BCUT2D eigenvalue weighted by atomic mass is 19.3. The Morgan fingerprint density at radius 3 is 1.74 bits per heavy atom. The van der Waals surface area contributed by atoms with Crippen LogP contribution in [0.15, 0.2) is 0 Å². The van der Waals surface area contributed by atoms with Crippen LogP contribution >= 0.6 is 0 Å². The Kier molecular flexibility index (Phi) is 4.93. The molecule has 0 aliphatic carbocycles. The molecule has 0 rings (SSSR count). The molecule has 0 bridgehead atoms. The van der Waals surface area contributed by atoms with Crippen molar-refractivity contribution in [2.45, 2.75) is 37.8 Å². The summed E-state index contributed by atoms with van der Waals surface area (Å²) in [5.74, 6) is -9.03. The van der Waals surface area contributed by atoms with Crippen molar-refractivity contribution in [1.82, 2.24) is 0 Å². The van der Waals surface area contributed by atoms with Gasteiger partial charge in [0.15, 0.2) is 6.67 Å². The Balaban J connectivity index is 5.13. The van der Waals surface area contributed by atoms with E-state index in [9.17, 15) is 39.9 Å². The maximum Gasteiger partial charge on any atom is 0.417 e. The zero-order valence-corrected chi connectivity index (χ0v) is 9.46. The summed E-state index contributed by atoms with van der Waals surface area (Å²) in [4.78, 5) is 9.94. The van der Waals surface area contributed by atoms with E-state index in [-0.39, 0.29) is 13.8 Å².